The molecule has 1 unspecified atom stereocenters. The number of halogens is 2. The summed E-state index contributed by atoms with van der Waals surface area (Å²) in [6, 6.07) is 3.01. The van der Waals surface area contributed by atoms with Crippen LogP contribution in [-0.2, 0) is 14.8 Å². The van der Waals surface area contributed by atoms with Gasteiger partial charge in [0.2, 0.25) is 15.9 Å². The molecule has 10 heteroatoms. The fourth-order valence-electron chi connectivity index (χ4n) is 2.65. The molecular formula is C13H14F2N2O5S. The van der Waals surface area contributed by atoms with Gasteiger partial charge in [0, 0.05) is 18.3 Å². The van der Waals surface area contributed by atoms with Crippen molar-refractivity contribution in [1.82, 2.24) is 4.31 Å². The summed E-state index contributed by atoms with van der Waals surface area (Å²) >= 11 is 0. The van der Waals surface area contributed by atoms with E-state index in [9.17, 15) is 22.0 Å². The maximum Gasteiger partial charge on any atom is 0.586 e. The average molecular weight is 348 g/mol. The van der Waals surface area contributed by atoms with Crippen molar-refractivity contribution in [1.29, 1.82) is 0 Å². The third-order valence-corrected chi connectivity index (χ3v) is 4.89. The maximum absolute atomic E-state index is 13.0. The summed E-state index contributed by atoms with van der Waals surface area (Å²) in [7, 11) is -3.49. The molecule has 2 heterocycles. The van der Waals surface area contributed by atoms with E-state index in [2.05, 4.69) is 14.8 Å². The van der Waals surface area contributed by atoms with Gasteiger partial charge in [0.1, 0.15) is 6.04 Å². The molecule has 2 aliphatic heterocycles. The average Bonchev–Trinajstić information content (AvgIpc) is 3.00. The minimum absolute atomic E-state index is 0.133. The van der Waals surface area contributed by atoms with Crippen LogP contribution in [0.25, 0.3) is 0 Å². The van der Waals surface area contributed by atoms with Gasteiger partial charge >= 0.3 is 6.29 Å². The highest BCUT2D eigenvalue weighted by Gasteiger charge is 2.43. The largest absolute Gasteiger partial charge is 0.586 e. The first-order valence-electron chi connectivity index (χ1n) is 6.83. The third-order valence-electron chi connectivity index (χ3n) is 3.60. The Balaban J connectivity index is 1.74. The number of alkyl halides is 2. The summed E-state index contributed by atoms with van der Waals surface area (Å²) in [6.45, 7) is 0.282. The number of amides is 1. The van der Waals surface area contributed by atoms with Gasteiger partial charge in [0.25, 0.3) is 0 Å². The Morgan fingerprint density at radius 1 is 1.35 bits per heavy atom. The molecule has 0 aliphatic carbocycles. The van der Waals surface area contributed by atoms with E-state index in [1.165, 1.54) is 18.2 Å². The fourth-order valence-corrected chi connectivity index (χ4v) is 3.78. The molecule has 23 heavy (non-hydrogen) atoms. The summed E-state index contributed by atoms with van der Waals surface area (Å²) < 4.78 is 58.9. The zero-order valence-electron chi connectivity index (χ0n) is 12.1. The van der Waals surface area contributed by atoms with E-state index in [1.54, 1.807) is 0 Å². The highest BCUT2D eigenvalue weighted by molar-refractivity contribution is 7.88. The van der Waals surface area contributed by atoms with Crippen molar-refractivity contribution < 1.29 is 31.5 Å². The molecule has 0 saturated carbocycles. The molecule has 0 aromatic heterocycles. The highest BCUT2D eigenvalue weighted by atomic mass is 32.2. The molecular weight excluding hydrogens is 334 g/mol. The number of hydrogen-bond acceptors (Lipinski definition) is 5. The number of carbonyl (C=O) groups is 1. The molecule has 1 atom stereocenters. The van der Waals surface area contributed by atoms with Gasteiger partial charge in [0.15, 0.2) is 11.5 Å². The monoisotopic (exact) mass is 348 g/mol. The van der Waals surface area contributed by atoms with E-state index < -0.39 is 28.3 Å². The van der Waals surface area contributed by atoms with E-state index in [0.717, 1.165) is 10.6 Å². The van der Waals surface area contributed by atoms with Crippen molar-refractivity contribution in [3.05, 3.63) is 18.2 Å². The number of sulfonamides is 1. The fraction of sp³-hybridized carbons (Fsp3) is 0.462. The van der Waals surface area contributed by atoms with Gasteiger partial charge in [-0.3, -0.25) is 4.79 Å². The Morgan fingerprint density at radius 2 is 2.04 bits per heavy atom. The van der Waals surface area contributed by atoms with Crippen LogP contribution in [0.4, 0.5) is 14.5 Å². The number of nitrogens with zero attached hydrogens (tertiary/aromatic N) is 1. The number of anilines is 1. The third kappa shape index (κ3) is 3.22. The van der Waals surface area contributed by atoms with Crippen molar-refractivity contribution in [2.24, 2.45) is 0 Å². The zero-order valence-corrected chi connectivity index (χ0v) is 12.9. The predicted octanol–water partition coefficient (Wildman–Crippen LogP) is 1.37. The molecule has 1 saturated heterocycles. The summed E-state index contributed by atoms with van der Waals surface area (Å²) in [5.41, 5.74) is 0.218. The SMILES string of the molecule is CS(=O)(=O)N1CCCC1C(=O)Nc1ccc2c(c1)OC(F)(F)O2. The predicted molar refractivity (Wildman–Crippen MR) is 75.8 cm³/mol. The molecule has 2 aliphatic rings. The molecule has 7 nitrogen and oxygen atoms in total. The standard InChI is InChI=1S/C13H14F2N2O5S/c1-23(19,20)17-6-2-3-9(17)12(18)16-8-4-5-10-11(7-8)22-13(14,15)21-10/h4-5,7,9H,2-3,6H2,1H3,(H,16,18). The number of carbonyl (C=O) groups excluding carboxylic acids is 1. The number of nitrogens with one attached hydrogen (secondary N) is 1. The Labute approximate surface area is 131 Å². The minimum Gasteiger partial charge on any atom is -0.395 e. The van der Waals surface area contributed by atoms with Crippen LogP contribution >= 0.6 is 0 Å². The molecule has 126 valence electrons. The van der Waals surface area contributed by atoms with Gasteiger partial charge in [-0.1, -0.05) is 0 Å². The second kappa shape index (κ2) is 5.31. The summed E-state index contributed by atoms with van der Waals surface area (Å²) in [5, 5.41) is 2.52. The second-order valence-electron chi connectivity index (χ2n) is 5.35. The first kappa shape index (κ1) is 15.9. The number of ether oxygens (including phenoxy) is 2. The van der Waals surface area contributed by atoms with Crippen molar-refractivity contribution in [3.8, 4) is 11.5 Å². The molecule has 1 aromatic carbocycles. The van der Waals surface area contributed by atoms with Crippen LogP contribution in [0.3, 0.4) is 0 Å². The van der Waals surface area contributed by atoms with E-state index in [1.807, 2.05) is 0 Å². The lowest BCUT2D eigenvalue weighted by molar-refractivity contribution is -0.286. The van der Waals surface area contributed by atoms with E-state index in [4.69, 9.17) is 0 Å². The topological polar surface area (TPSA) is 84.9 Å². The van der Waals surface area contributed by atoms with Gasteiger partial charge in [-0.15, -0.1) is 8.78 Å². The molecule has 0 radical (unpaired) electrons. The lowest BCUT2D eigenvalue weighted by atomic mass is 10.2. The zero-order chi connectivity index (χ0) is 16.8. The smallest absolute Gasteiger partial charge is 0.395 e. The molecule has 3 rings (SSSR count). The highest BCUT2D eigenvalue weighted by Crippen LogP contribution is 2.42. The van der Waals surface area contributed by atoms with Gasteiger partial charge in [0.05, 0.1) is 6.26 Å². The van der Waals surface area contributed by atoms with Gasteiger partial charge in [-0.2, -0.15) is 4.31 Å². The molecule has 1 N–H and O–H groups in total. The van der Waals surface area contributed by atoms with Gasteiger partial charge in [-0.25, -0.2) is 8.42 Å². The molecule has 1 aromatic rings. The molecule has 1 fully saturated rings. The molecule has 0 spiro atoms. The first-order valence-corrected chi connectivity index (χ1v) is 8.68. The van der Waals surface area contributed by atoms with Crippen molar-refractivity contribution in [2.45, 2.75) is 25.2 Å². The lowest BCUT2D eigenvalue weighted by Crippen LogP contribution is -2.42. The van der Waals surface area contributed by atoms with Gasteiger partial charge < -0.3 is 14.8 Å². The summed E-state index contributed by atoms with van der Waals surface area (Å²) in [5.74, 6) is -0.843. The molecule has 1 amide bonds. The summed E-state index contributed by atoms with van der Waals surface area (Å²) in [4.78, 5) is 12.3. The summed E-state index contributed by atoms with van der Waals surface area (Å²) in [6.07, 6.45) is -1.70. The Hall–Kier alpha value is -1.94. The van der Waals surface area contributed by atoms with Crippen LogP contribution in [0.1, 0.15) is 12.8 Å². The van der Waals surface area contributed by atoms with E-state index in [-0.39, 0.29) is 23.7 Å². The van der Waals surface area contributed by atoms with Crippen molar-refractivity contribution in [3.63, 3.8) is 0 Å². The van der Waals surface area contributed by atoms with Gasteiger partial charge in [-0.05, 0) is 25.0 Å². The number of fused-ring (bicyclic) bond motifs is 1. The van der Waals surface area contributed by atoms with E-state index >= 15 is 0 Å². The minimum atomic E-state index is -3.73. The van der Waals surface area contributed by atoms with Crippen molar-refractivity contribution >= 4 is 21.6 Å². The quantitative estimate of drug-likeness (QED) is 0.892. The van der Waals surface area contributed by atoms with Crippen LogP contribution in [0.2, 0.25) is 0 Å². The second-order valence-corrected chi connectivity index (χ2v) is 7.29. The first-order chi connectivity index (χ1) is 10.7. The number of hydrogen-bond donors (Lipinski definition) is 1. The van der Waals surface area contributed by atoms with Crippen LogP contribution in [0.15, 0.2) is 18.2 Å². The lowest BCUT2D eigenvalue weighted by Gasteiger charge is -2.21. The van der Waals surface area contributed by atoms with Crippen LogP contribution in [-0.4, -0.2) is 43.8 Å². The Morgan fingerprint density at radius 3 is 2.74 bits per heavy atom. The maximum atomic E-state index is 13.0. The number of benzene rings is 1. The normalized spacial score (nSPS) is 23.0. The van der Waals surface area contributed by atoms with Crippen LogP contribution in [0, 0.1) is 0 Å². The van der Waals surface area contributed by atoms with Crippen molar-refractivity contribution in [2.75, 3.05) is 18.1 Å². The van der Waals surface area contributed by atoms with Crippen LogP contribution < -0.4 is 14.8 Å². The van der Waals surface area contributed by atoms with Crippen LogP contribution in [0.5, 0.6) is 11.5 Å². The Kier molecular flexibility index (Phi) is 3.68. The molecule has 0 bridgehead atoms. The number of rotatable bonds is 3. The van der Waals surface area contributed by atoms with E-state index in [0.29, 0.717) is 12.8 Å². The Bertz CT molecular complexity index is 753.